The Balaban J connectivity index is 2.50. The number of carbonyl (C=O) groups is 1. The van der Waals surface area contributed by atoms with Crippen LogP contribution in [0.3, 0.4) is 0 Å². The fraction of sp³-hybridized carbons (Fsp3) is 0.500. The van der Waals surface area contributed by atoms with Crippen molar-refractivity contribution < 1.29 is 23.1 Å². The molecule has 0 saturated heterocycles. The minimum absolute atomic E-state index is 0.0490. The summed E-state index contributed by atoms with van der Waals surface area (Å²) >= 11 is 0. The highest BCUT2D eigenvalue weighted by molar-refractivity contribution is 7.89. The molecule has 1 rings (SSSR count). The summed E-state index contributed by atoms with van der Waals surface area (Å²) < 4.78 is 30.9. The van der Waals surface area contributed by atoms with Gasteiger partial charge in [0.05, 0.1) is 12.4 Å². The van der Waals surface area contributed by atoms with Gasteiger partial charge in [0.15, 0.2) is 5.96 Å². The lowest BCUT2D eigenvalue weighted by Gasteiger charge is -2.14. The summed E-state index contributed by atoms with van der Waals surface area (Å²) in [6, 6.07) is 5.66. The first-order chi connectivity index (χ1) is 12.2. The van der Waals surface area contributed by atoms with Crippen molar-refractivity contribution in [2.75, 3.05) is 18.9 Å². The highest BCUT2D eigenvalue weighted by Gasteiger charge is 2.23. The van der Waals surface area contributed by atoms with E-state index in [0.29, 0.717) is 24.5 Å². The third kappa shape index (κ3) is 8.67. The van der Waals surface area contributed by atoms with E-state index in [1.807, 2.05) is 0 Å². The van der Waals surface area contributed by atoms with Gasteiger partial charge in [-0.1, -0.05) is 12.1 Å². The van der Waals surface area contributed by atoms with Gasteiger partial charge < -0.3 is 21.3 Å². The number of nitrogens with one attached hydrogen (secondary N) is 1. The normalized spacial score (nSPS) is 12.3. The van der Waals surface area contributed by atoms with Crippen LogP contribution in [0.25, 0.3) is 0 Å². The van der Waals surface area contributed by atoms with Crippen LogP contribution in [0.2, 0.25) is 0 Å². The number of guanidine groups is 1. The third-order valence-electron chi connectivity index (χ3n) is 3.48. The van der Waals surface area contributed by atoms with Crippen LogP contribution in [-0.2, 0) is 21.2 Å². The Morgan fingerprint density at radius 3 is 2.46 bits per heavy atom. The summed E-state index contributed by atoms with van der Waals surface area (Å²) in [6.07, 6.45) is 1.64. The summed E-state index contributed by atoms with van der Waals surface area (Å²) in [7, 11) is -3.60. The van der Waals surface area contributed by atoms with Crippen molar-refractivity contribution >= 4 is 22.0 Å². The molecule has 0 spiro atoms. The Labute approximate surface area is 153 Å². The molecular formula is C16H26N4O5S. The van der Waals surface area contributed by atoms with Crippen LogP contribution < -0.4 is 20.9 Å². The number of carboxylic acid groups (broad SMARTS) is 1. The van der Waals surface area contributed by atoms with Gasteiger partial charge in [0.1, 0.15) is 11.8 Å². The van der Waals surface area contributed by atoms with Gasteiger partial charge in [-0.25, -0.2) is 13.1 Å². The first-order valence-corrected chi connectivity index (χ1v) is 9.88. The fourth-order valence-corrected chi connectivity index (χ4v) is 2.83. The highest BCUT2D eigenvalue weighted by atomic mass is 32.2. The van der Waals surface area contributed by atoms with Crippen LogP contribution in [0, 0.1) is 0 Å². The lowest BCUT2D eigenvalue weighted by atomic mass is 10.1. The number of sulfonamides is 1. The van der Waals surface area contributed by atoms with Gasteiger partial charge in [-0.3, -0.25) is 9.79 Å². The Morgan fingerprint density at radius 1 is 1.27 bits per heavy atom. The van der Waals surface area contributed by atoms with Crippen molar-refractivity contribution in [3.8, 4) is 5.75 Å². The minimum atomic E-state index is -3.60. The number of carboxylic acids is 1. The van der Waals surface area contributed by atoms with Crippen molar-refractivity contribution in [3.63, 3.8) is 0 Å². The summed E-state index contributed by atoms with van der Waals surface area (Å²) in [6.45, 7) is 2.51. The molecule has 0 aromatic heterocycles. The average Bonchev–Trinajstić information content (AvgIpc) is 2.58. The molecule has 146 valence electrons. The van der Waals surface area contributed by atoms with Crippen LogP contribution in [0.15, 0.2) is 29.3 Å². The lowest BCUT2D eigenvalue weighted by molar-refractivity contribution is -0.138. The fourth-order valence-electron chi connectivity index (χ4n) is 2.05. The van der Waals surface area contributed by atoms with E-state index in [-0.39, 0.29) is 18.1 Å². The van der Waals surface area contributed by atoms with Gasteiger partial charge in [-0.2, -0.15) is 0 Å². The minimum Gasteiger partial charge on any atom is -0.494 e. The van der Waals surface area contributed by atoms with E-state index in [1.54, 1.807) is 24.3 Å². The average molecular weight is 386 g/mol. The van der Waals surface area contributed by atoms with Gasteiger partial charge in [-0.15, -0.1) is 0 Å². The van der Waals surface area contributed by atoms with Crippen molar-refractivity contribution in [2.45, 2.75) is 32.2 Å². The van der Waals surface area contributed by atoms with Gasteiger partial charge in [0.2, 0.25) is 10.0 Å². The molecule has 0 fully saturated rings. The molecule has 10 heteroatoms. The molecule has 0 unspecified atom stereocenters. The van der Waals surface area contributed by atoms with Crippen molar-refractivity contribution in [1.82, 2.24) is 4.72 Å². The molecule has 1 atom stereocenters. The molecule has 0 aliphatic carbocycles. The van der Waals surface area contributed by atoms with Gasteiger partial charge in [-0.05, 0) is 43.9 Å². The zero-order chi connectivity index (χ0) is 19.6. The van der Waals surface area contributed by atoms with Crippen LogP contribution in [0.1, 0.15) is 25.3 Å². The summed E-state index contributed by atoms with van der Waals surface area (Å²) in [5.74, 6) is -0.672. The molecule has 0 heterocycles. The Hall–Kier alpha value is -2.33. The number of nitrogens with two attached hydrogens (primary N) is 2. The molecule has 0 amide bonds. The third-order valence-corrected chi connectivity index (χ3v) is 4.88. The maximum absolute atomic E-state index is 11.6. The number of hydrogen-bond donors (Lipinski definition) is 4. The number of rotatable bonds is 12. The zero-order valence-corrected chi connectivity index (χ0v) is 15.5. The van der Waals surface area contributed by atoms with E-state index in [9.17, 15) is 18.3 Å². The van der Waals surface area contributed by atoms with E-state index < -0.39 is 22.0 Å². The lowest BCUT2D eigenvalue weighted by Crippen LogP contribution is -2.42. The maximum Gasteiger partial charge on any atom is 0.322 e. The second kappa shape index (κ2) is 10.6. The molecule has 0 aliphatic heterocycles. The van der Waals surface area contributed by atoms with Crippen LogP contribution >= 0.6 is 0 Å². The van der Waals surface area contributed by atoms with Gasteiger partial charge in [0, 0.05) is 6.54 Å². The molecular weight excluding hydrogens is 360 g/mol. The molecule has 1 aromatic rings. The molecule has 0 aliphatic rings. The van der Waals surface area contributed by atoms with Crippen LogP contribution in [0.5, 0.6) is 5.75 Å². The van der Waals surface area contributed by atoms with E-state index in [0.717, 1.165) is 12.8 Å². The second-order valence-corrected chi connectivity index (χ2v) is 7.66. The molecule has 26 heavy (non-hydrogen) atoms. The predicted octanol–water partition coefficient (Wildman–Crippen LogP) is 0.0540. The van der Waals surface area contributed by atoms with Crippen molar-refractivity contribution in [2.24, 2.45) is 16.5 Å². The number of unbranched alkanes of at least 4 members (excludes halogenated alkanes) is 1. The number of aliphatic imine (C=N–C) groups is 1. The summed E-state index contributed by atoms with van der Waals surface area (Å²) in [4.78, 5) is 15.1. The Morgan fingerprint density at radius 2 is 1.92 bits per heavy atom. The SMILES string of the molecule is CCS(=O)(=O)N[C@H](Cc1ccc(OCCCCN=C(N)N)cc1)C(=O)O. The Bertz CT molecular complexity index is 700. The second-order valence-electron chi connectivity index (χ2n) is 5.62. The molecule has 0 saturated carbocycles. The number of nitrogens with zero attached hydrogens (tertiary/aromatic N) is 1. The van der Waals surface area contributed by atoms with Gasteiger partial charge in [0.25, 0.3) is 0 Å². The molecule has 0 radical (unpaired) electrons. The first kappa shape index (κ1) is 21.7. The Kier molecular flexibility index (Phi) is 8.86. The summed E-state index contributed by atoms with van der Waals surface area (Å²) in [5.41, 5.74) is 11.1. The number of hydrogen-bond acceptors (Lipinski definition) is 5. The number of ether oxygens (including phenoxy) is 1. The zero-order valence-electron chi connectivity index (χ0n) is 14.7. The molecule has 9 nitrogen and oxygen atoms in total. The molecule has 1 aromatic carbocycles. The van der Waals surface area contributed by atoms with E-state index in [2.05, 4.69) is 9.71 Å². The number of benzene rings is 1. The van der Waals surface area contributed by atoms with E-state index >= 15 is 0 Å². The predicted molar refractivity (Wildman–Crippen MR) is 99.6 cm³/mol. The standard InChI is InChI=1S/C16H26N4O5S/c1-2-26(23,24)20-14(15(21)22)11-12-5-7-13(8-6-12)25-10-4-3-9-19-16(17)18/h5-8,14,20H,2-4,9-11H2,1H3,(H,21,22)(H4,17,18,19)/t14-/m1/s1. The van der Waals surface area contributed by atoms with Crippen LogP contribution in [-0.4, -0.2) is 50.4 Å². The van der Waals surface area contributed by atoms with E-state index in [4.69, 9.17) is 16.2 Å². The highest BCUT2D eigenvalue weighted by Crippen LogP contribution is 2.14. The topological polar surface area (TPSA) is 157 Å². The number of aliphatic carboxylic acids is 1. The first-order valence-electron chi connectivity index (χ1n) is 8.23. The quantitative estimate of drug-likeness (QED) is 0.224. The molecule has 6 N–H and O–H groups in total. The maximum atomic E-state index is 11.6. The van der Waals surface area contributed by atoms with Gasteiger partial charge >= 0.3 is 5.97 Å². The smallest absolute Gasteiger partial charge is 0.322 e. The largest absolute Gasteiger partial charge is 0.494 e. The van der Waals surface area contributed by atoms with Crippen LogP contribution in [0.4, 0.5) is 0 Å². The van der Waals surface area contributed by atoms with E-state index in [1.165, 1.54) is 6.92 Å². The van der Waals surface area contributed by atoms with Crippen molar-refractivity contribution in [1.29, 1.82) is 0 Å². The monoisotopic (exact) mass is 386 g/mol. The van der Waals surface area contributed by atoms with Crippen molar-refractivity contribution in [3.05, 3.63) is 29.8 Å². The molecule has 0 bridgehead atoms. The summed E-state index contributed by atoms with van der Waals surface area (Å²) in [5, 5.41) is 9.19.